The zero-order valence-electron chi connectivity index (χ0n) is 20.0. The SMILES string of the molecule is C=CC(=O)N1CCC(Oc2cc3c(Nc4ccc(Cl)c(Cl)c4F)ncnc3cc2OC)CC1.O=P(O)(O)O. The van der Waals surface area contributed by atoms with Crippen LogP contribution in [-0.4, -0.2) is 61.8 Å². The molecule has 0 atom stereocenters. The normalized spacial score (nSPS) is 13.9. The molecule has 0 unspecified atom stereocenters. The molecule has 2 heterocycles. The van der Waals surface area contributed by atoms with Gasteiger partial charge in [-0.25, -0.2) is 18.9 Å². The number of fused-ring (bicyclic) bond motifs is 1. The number of rotatable bonds is 6. The van der Waals surface area contributed by atoms with E-state index in [4.69, 9.17) is 51.9 Å². The van der Waals surface area contributed by atoms with Gasteiger partial charge >= 0.3 is 7.82 Å². The number of aromatic nitrogens is 2. The molecule has 1 aliphatic heterocycles. The molecule has 1 aliphatic rings. The van der Waals surface area contributed by atoms with Gasteiger partial charge in [0, 0.05) is 37.4 Å². The largest absolute Gasteiger partial charge is 0.493 e. The standard InChI is InChI=1S/C23H21Cl2FN4O3.H3O4P/c1-3-20(31)30-8-6-13(7-9-30)33-19-10-14-17(11-18(19)32-2)27-12-28-23(14)29-16-5-4-15(24)21(25)22(16)26;1-5(2,3)4/h3-5,10-13H,1,6-9H2,2H3,(H,27,28,29);(H3,1,2,3,4). The number of anilines is 2. The molecule has 15 heteroatoms. The van der Waals surface area contributed by atoms with E-state index in [-0.39, 0.29) is 27.7 Å². The monoisotopic (exact) mass is 588 g/mol. The molecule has 204 valence electrons. The smallest absolute Gasteiger partial charge is 0.466 e. The minimum absolute atomic E-state index is 0.0841. The average molecular weight is 589 g/mol. The van der Waals surface area contributed by atoms with Crippen LogP contribution in [0.25, 0.3) is 10.9 Å². The van der Waals surface area contributed by atoms with Crippen LogP contribution in [0.1, 0.15) is 12.8 Å². The highest BCUT2D eigenvalue weighted by Gasteiger charge is 2.24. The van der Waals surface area contributed by atoms with Crippen molar-refractivity contribution in [1.29, 1.82) is 0 Å². The molecule has 0 bridgehead atoms. The number of halogens is 3. The second-order valence-electron chi connectivity index (χ2n) is 7.95. The molecule has 0 radical (unpaired) electrons. The second-order valence-corrected chi connectivity index (χ2v) is 9.76. The van der Waals surface area contributed by atoms with Gasteiger partial charge < -0.3 is 34.4 Å². The Morgan fingerprint density at radius 2 is 1.87 bits per heavy atom. The number of amides is 1. The Balaban J connectivity index is 0.000000732. The molecule has 3 aromatic rings. The molecular formula is C23H24Cl2FN4O7P. The first-order valence-corrected chi connectivity index (χ1v) is 13.3. The molecule has 38 heavy (non-hydrogen) atoms. The van der Waals surface area contributed by atoms with Crippen molar-refractivity contribution in [3.63, 3.8) is 0 Å². The van der Waals surface area contributed by atoms with Crippen LogP contribution in [0.2, 0.25) is 10.0 Å². The topological polar surface area (TPSA) is 154 Å². The number of nitrogens with one attached hydrogen (secondary N) is 1. The summed E-state index contributed by atoms with van der Waals surface area (Å²) in [7, 11) is -3.09. The highest BCUT2D eigenvalue weighted by atomic mass is 35.5. The van der Waals surface area contributed by atoms with Gasteiger partial charge in [-0.2, -0.15) is 0 Å². The fourth-order valence-electron chi connectivity index (χ4n) is 3.67. The van der Waals surface area contributed by atoms with Crippen LogP contribution < -0.4 is 14.8 Å². The third-order valence-corrected chi connectivity index (χ3v) is 6.21. The summed E-state index contributed by atoms with van der Waals surface area (Å²) < 4.78 is 35.2. The van der Waals surface area contributed by atoms with Gasteiger partial charge in [0.25, 0.3) is 0 Å². The van der Waals surface area contributed by atoms with Gasteiger partial charge in [0.1, 0.15) is 18.2 Å². The number of benzene rings is 2. The first-order chi connectivity index (χ1) is 17.9. The van der Waals surface area contributed by atoms with E-state index in [1.807, 2.05) is 0 Å². The van der Waals surface area contributed by atoms with E-state index in [1.165, 1.54) is 24.5 Å². The Bertz CT molecular complexity index is 1380. The van der Waals surface area contributed by atoms with E-state index >= 15 is 0 Å². The maximum atomic E-state index is 14.6. The van der Waals surface area contributed by atoms with Gasteiger partial charge in [-0.15, -0.1) is 0 Å². The zero-order chi connectivity index (χ0) is 28.0. The molecule has 1 amide bonds. The number of phosphoric acid groups is 1. The van der Waals surface area contributed by atoms with Crippen LogP contribution in [0.3, 0.4) is 0 Å². The average Bonchev–Trinajstić information content (AvgIpc) is 2.88. The van der Waals surface area contributed by atoms with E-state index in [2.05, 4.69) is 21.9 Å². The van der Waals surface area contributed by atoms with Crippen LogP contribution in [0, 0.1) is 5.82 Å². The van der Waals surface area contributed by atoms with Gasteiger partial charge in [-0.05, 0) is 24.3 Å². The summed E-state index contributed by atoms with van der Waals surface area (Å²) in [6.45, 7) is 4.70. The fourth-order valence-corrected chi connectivity index (χ4v) is 3.98. The molecule has 1 aromatic heterocycles. The van der Waals surface area contributed by atoms with Crippen molar-refractivity contribution >= 4 is 59.3 Å². The van der Waals surface area contributed by atoms with Crippen molar-refractivity contribution in [2.45, 2.75) is 18.9 Å². The molecule has 0 aliphatic carbocycles. The molecule has 11 nitrogen and oxygen atoms in total. The number of likely N-dealkylation sites (tertiary alicyclic amines) is 1. The van der Waals surface area contributed by atoms with Crippen molar-refractivity contribution in [3.05, 3.63) is 59.1 Å². The predicted molar refractivity (Wildman–Crippen MR) is 140 cm³/mol. The number of methoxy groups -OCH3 is 1. The minimum Gasteiger partial charge on any atom is -0.493 e. The molecule has 0 saturated carbocycles. The summed E-state index contributed by atoms with van der Waals surface area (Å²) in [4.78, 5) is 43.7. The number of carbonyl (C=O) groups is 1. The summed E-state index contributed by atoms with van der Waals surface area (Å²) in [6, 6.07) is 6.47. The molecule has 2 aromatic carbocycles. The quantitative estimate of drug-likeness (QED) is 0.184. The van der Waals surface area contributed by atoms with E-state index in [9.17, 15) is 9.18 Å². The lowest BCUT2D eigenvalue weighted by Crippen LogP contribution is -2.41. The number of hydrogen-bond donors (Lipinski definition) is 4. The number of nitrogens with zero attached hydrogens (tertiary/aromatic N) is 3. The van der Waals surface area contributed by atoms with Crippen molar-refractivity contribution in [2.24, 2.45) is 0 Å². The maximum Gasteiger partial charge on any atom is 0.466 e. The van der Waals surface area contributed by atoms with E-state index in [0.29, 0.717) is 54.2 Å². The highest BCUT2D eigenvalue weighted by Crippen LogP contribution is 2.37. The Kier molecular flexibility index (Phi) is 9.88. The van der Waals surface area contributed by atoms with E-state index in [0.717, 1.165) is 0 Å². The van der Waals surface area contributed by atoms with Crippen LogP contribution in [-0.2, 0) is 9.36 Å². The van der Waals surface area contributed by atoms with E-state index < -0.39 is 13.6 Å². The van der Waals surface area contributed by atoms with Crippen molar-refractivity contribution < 1.29 is 37.9 Å². The predicted octanol–water partition coefficient (Wildman–Crippen LogP) is 4.46. The van der Waals surface area contributed by atoms with Crippen LogP contribution in [0.15, 0.2) is 43.2 Å². The summed E-state index contributed by atoms with van der Waals surface area (Å²) in [5, 5.41) is 3.51. The summed E-state index contributed by atoms with van der Waals surface area (Å²) in [5.41, 5.74) is 0.713. The van der Waals surface area contributed by atoms with Crippen molar-refractivity contribution in [1.82, 2.24) is 14.9 Å². The van der Waals surface area contributed by atoms with Gasteiger partial charge in [0.2, 0.25) is 5.91 Å². The van der Waals surface area contributed by atoms with Crippen LogP contribution >= 0.6 is 31.0 Å². The first kappa shape index (κ1) is 29.6. The summed E-state index contributed by atoms with van der Waals surface area (Å²) in [6.07, 6.45) is 3.93. The Labute approximate surface area is 227 Å². The Morgan fingerprint density at radius 1 is 1.21 bits per heavy atom. The minimum atomic E-state index is -4.64. The van der Waals surface area contributed by atoms with Gasteiger partial charge in [-0.1, -0.05) is 29.8 Å². The lowest BCUT2D eigenvalue weighted by molar-refractivity contribution is -0.127. The number of hydrogen-bond acceptors (Lipinski definition) is 7. The summed E-state index contributed by atoms with van der Waals surface area (Å²) >= 11 is 11.8. The van der Waals surface area contributed by atoms with Crippen LogP contribution in [0.5, 0.6) is 11.5 Å². The van der Waals surface area contributed by atoms with Gasteiger partial charge in [-0.3, -0.25) is 4.79 Å². The Morgan fingerprint density at radius 3 is 2.47 bits per heavy atom. The first-order valence-electron chi connectivity index (χ1n) is 11.0. The van der Waals surface area contributed by atoms with Crippen molar-refractivity contribution in [3.8, 4) is 11.5 Å². The fraction of sp³-hybridized carbons (Fsp3) is 0.261. The summed E-state index contributed by atoms with van der Waals surface area (Å²) in [5.74, 6) is 0.625. The lowest BCUT2D eigenvalue weighted by Gasteiger charge is -2.31. The Hall–Kier alpha value is -2.99. The maximum absolute atomic E-state index is 14.6. The molecule has 4 N–H and O–H groups in total. The van der Waals surface area contributed by atoms with Gasteiger partial charge in [0.15, 0.2) is 17.3 Å². The zero-order valence-corrected chi connectivity index (χ0v) is 22.4. The molecule has 1 saturated heterocycles. The highest BCUT2D eigenvalue weighted by molar-refractivity contribution is 7.45. The molecular weight excluding hydrogens is 565 g/mol. The van der Waals surface area contributed by atoms with Crippen molar-refractivity contribution in [2.75, 3.05) is 25.5 Å². The number of ether oxygens (including phenoxy) is 2. The number of carbonyl (C=O) groups excluding carboxylic acids is 1. The third kappa shape index (κ3) is 7.76. The van der Waals surface area contributed by atoms with Gasteiger partial charge in [0.05, 0.1) is 28.4 Å². The van der Waals surface area contributed by atoms with E-state index in [1.54, 1.807) is 24.1 Å². The lowest BCUT2D eigenvalue weighted by atomic mass is 10.1. The molecule has 4 rings (SSSR count). The van der Waals surface area contributed by atoms with Crippen LogP contribution in [0.4, 0.5) is 15.9 Å². The third-order valence-electron chi connectivity index (χ3n) is 5.43. The second kappa shape index (κ2) is 12.7. The molecule has 0 spiro atoms. The molecule has 1 fully saturated rings. The number of piperidine rings is 1.